The number of rotatable bonds is 4. The minimum absolute atomic E-state index is 0.306. The maximum Gasteiger partial charge on any atom is 0.165 e. The normalized spacial score (nSPS) is 10.1. The van der Waals surface area contributed by atoms with Crippen molar-refractivity contribution >= 4 is 15.9 Å². The van der Waals surface area contributed by atoms with Crippen LogP contribution in [0.3, 0.4) is 0 Å². The van der Waals surface area contributed by atoms with Crippen LogP contribution in [0.25, 0.3) is 0 Å². The van der Waals surface area contributed by atoms with Crippen molar-refractivity contribution in [1.82, 2.24) is 0 Å². The summed E-state index contributed by atoms with van der Waals surface area (Å²) in [6.45, 7) is 2.64. The molecule has 0 aromatic heterocycles. The van der Waals surface area contributed by atoms with Crippen LogP contribution in [0, 0.1) is 5.82 Å². The Morgan fingerprint density at radius 2 is 2.23 bits per heavy atom. The Morgan fingerprint density at radius 1 is 1.46 bits per heavy atom. The van der Waals surface area contributed by atoms with Crippen LogP contribution in [0.15, 0.2) is 22.7 Å². The highest BCUT2D eigenvalue weighted by Gasteiger charge is 2.02. The lowest BCUT2D eigenvalue weighted by Gasteiger charge is -2.06. The summed E-state index contributed by atoms with van der Waals surface area (Å²) in [5.74, 6) is 0.0159. The van der Waals surface area contributed by atoms with E-state index in [1.807, 2.05) is 0 Å². The highest BCUT2D eigenvalue weighted by molar-refractivity contribution is 9.10. The summed E-state index contributed by atoms with van der Waals surface area (Å²) in [5.41, 5.74) is 0. The molecule has 13 heavy (non-hydrogen) atoms. The molecule has 0 spiro atoms. The second kappa shape index (κ2) is 5.22. The van der Waals surface area contributed by atoms with Gasteiger partial charge in [-0.3, -0.25) is 0 Å². The molecule has 0 radical (unpaired) electrons. The van der Waals surface area contributed by atoms with E-state index in [0.29, 0.717) is 12.4 Å². The van der Waals surface area contributed by atoms with E-state index in [2.05, 4.69) is 22.9 Å². The van der Waals surface area contributed by atoms with Gasteiger partial charge in [-0.1, -0.05) is 29.3 Å². The Kier molecular flexibility index (Phi) is 4.22. The van der Waals surface area contributed by atoms with E-state index in [4.69, 9.17) is 4.74 Å². The largest absolute Gasteiger partial charge is 0.490 e. The summed E-state index contributed by atoms with van der Waals surface area (Å²) in [4.78, 5) is 0. The van der Waals surface area contributed by atoms with E-state index in [1.54, 1.807) is 12.1 Å². The molecule has 1 rings (SSSR count). The summed E-state index contributed by atoms with van der Waals surface area (Å²) in [6.07, 6.45) is 2.00. The first-order valence-electron chi connectivity index (χ1n) is 4.32. The van der Waals surface area contributed by atoms with Crippen LogP contribution >= 0.6 is 15.9 Å². The van der Waals surface area contributed by atoms with E-state index in [9.17, 15) is 4.39 Å². The number of ether oxygens (including phenoxy) is 1. The molecule has 0 N–H and O–H groups in total. The van der Waals surface area contributed by atoms with E-state index in [-0.39, 0.29) is 5.82 Å². The van der Waals surface area contributed by atoms with Gasteiger partial charge in [-0.25, -0.2) is 4.39 Å². The lowest BCUT2D eigenvalue weighted by Crippen LogP contribution is -1.98. The van der Waals surface area contributed by atoms with E-state index in [1.165, 1.54) is 6.07 Å². The summed E-state index contributed by atoms with van der Waals surface area (Å²) in [5, 5.41) is 0. The Bertz CT molecular complexity index is 276. The molecule has 0 atom stereocenters. The van der Waals surface area contributed by atoms with Crippen LogP contribution in [-0.4, -0.2) is 6.61 Å². The maximum atomic E-state index is 13.1. The molecular formula is C10H12BrFO. The molecular weight excluding hydrogens is 235 g/mol. The first-order valence-corrected chi connectivity index (χ1v) is 5.11. The Balaban J connectivity index is 2.59. The summed E-state index contributed by atoms with van der Waals surface area (Å²) < 4.78 is 19.1. The molecule has 0 aliphatic carbocycles. The highest BCUT2D eigenvalue weighted by Crippen LogP contribution is 2.22. The van der Waals surface area contributed by atoms with Gasteiger partial charge in [0, 0.05) is 4.47 Å². The summed E-state index contributed by atoms with van der Waals surface area (Å²) in [6, 6.07) is 4.69. The number of unbranched alkanes of at least 4 members (excludes halogenated alkanes) is 1. The Hall–Kier alpha value is -0.570. The second-order valence-electron chi connectivity index (χ2n) is 2.78. The molecule has 1 aromatic rings. The molecule has 3 heteroatoms. The van der Waals surface area contributed by atoms with Crippen LogP contribution in [-0.2, 0) is 0 Å². The first-order chi connectivity index (χ1) is 6.24. The molecule has 0 saturated heterocycles. The molecule has 0 unspecified atom stereocenters. The van der Waals surface area contributed by atoms with Gasteiger partial charge in [-0.2, -0.15) is 0 Å². The minimum Gasteiger partial charge on any atom is -0.490 e. The lowest BCUT2D eigenvalue weighted by molar-refractivity contribution is 0.294. The van der Waals surface area contributed by atoms with Gasteiger partial charge in [0.2, 0.25) is 0 Å². The molecule has 0 bridgehead atoms. The average Bonchev–Trinajstić information content (AvgIpc) is 2.11. The van der Waals surface area contributed by atoms with Crippen LogP contribution < -0.4 is 4.74 Å². The number of hydrogen-bond donors (Lipinski definition) is 0. The van der Waals surface area contributed by atoms with Gasteiger partial charge in [0.1, 0.15) is 0 Å². The number of benzene rings is 1. The van der Waals surface area contributed by atoms with Crippen molar-refractivity contribution in [2.45, 2.75) is 19.8 Å². The second-order valence-corrected chi connectivity index (χ2v) is 3.69. The molecule has 72 valence electrons. The van der Waals surface area contributed by atoms with Gasteiger partial charge in [-0.15, -0.1) is 0 Å². The van der Waals surface area contributed by atoms with Gasteiger partial charge in [0.25, 0.3) is 0 Å². The van der Waals surface area contributed by atoms with Crippen LogP contribution in [0.5, 0.6) is 5.75 Å². The molecule has 0 aliphatic heterocycles. The van der Waals surface area contributed by atoms with E-state index < -0.39 is 0 Å². The topological polar surface area (TPSA) is 9.23 Å². The van der Waals surface area contributed by atoms with Crippen LogP contribution in [0.2, 0.25) is 0 Å². The fourth-order valence-corrected chi connectivity index (χ4v) is 1.25. The fourth-order valence-electron chi connectivity index (χ4n) is 0.914. The lowest BCUT2D eigenvalue weighted by atomic mass is 10.3. The van der Waals surface area contributed by atoms with Crippen molar-refractivity contribution < 1.29 is 9.13 Å². The van der Waals surface area contributed by atoms with Crippen molar-refractivity contribution in [3.05, 3.63) is 28.5 Å². The smallest absolute Gasteiger partial charge is 0.165 e. The van der Waals surface area contributed by atoms with Gasteiger partial charge >= 0.3 is 0 Å². The fraction of sp³-hybridized carbons (Fsp3) is 0.400. The van der Waals surface area contributed by atoms with Crippen LogP contribution in [0.1, 0.15) is 19.8 Å². The molecule has 0 saturated carbocycles. The third kappa shape index (κ3) is 3.35. The van der Waals surface area contributed by atoms with E-state index >= 15 is 0 Å². The molecule has 0 heterocycles. The molecule has 0 aliphatic rings. The SMILES string of the molecule is CCCCOc1cc(Br)ccc1F. The van der Waals surface area contributed by atoms with Gasteiger partial charge in [-0.05, 0) is 24.6 Å². The molecule has 1 nitrogen and oxygen atoms in total. The van der Waals surface area contributed by atoms with Gasteiger partial charge in [0.05, 0.1) is 6.61 Å². The van der Waals surface area contributed by atoms with Gasteiger partial charge in [0.15, 0.2) is 11.6 Å². The minimum atomic E-state index is -0.306. The standard InChI is InChI=1S/C10H12BrFO/c1-2-3-6-13-10-7-8(11)4-5-9(10)12/h4-5,7H,2-3,6H2,1H3. The number of halogens is 2. The monoisotopic (exact) mass is 246 g/mol. The van der Waals surface area contributed by atoms with Crippen molar-refractivity contribution in [3.63, 3.8) is 0 Å². The maximum absolute atomic E-state index is 13.1. The van der Waals surface area contributed by atoms with Crippen molar-refractivity contribution in [2.75, 3.05) is 6.61 Å². The predicted molar refractivity (Wildman–Crippen MR) is 54.5 cm³/mol. The van der Waals surface area contributed by atoms with Crippen LogP contribution in [0.4, 0.5) is 4.39 Å². The summed E-state index contributed by atoms with van der Waals surface area (Å²) >= 11 is 3.26. The predicted octanol–water partition coefficient (Wildman–Crippen LogP) is 3.77. The third-order valence-corrected chi connectivity index (χ3v) is 2.14. The van der Waals surface area contributed by atoms with Crippen molar-refractivity contribution in [3.8, 4) is 5.75 Å². The van der Waals surface area contributed by atoms with Crippen molar-refractivity contribution in [2.24, 2.45) is 0 Å². The quantitative estimate of drug-likeness (QED) is 0.736. The highest BCUT2D eigenvalue weighted by atomic mass is 79.9. The zero-order valence-corrected chi connectivity index (χ0v) is 9.10. The zero-order valence-electron chi connectivity index (χ0n) is 7.52. The Labute approximate surface area is 86.0 Å². The van der Waals surface area contributed by atoms with Crippen molar-refractivity contribution in [1.29, 1.82) is 0 Å². The molecule has 0 amide bonds. The number of hydrogen-bond acceptors (Lipinski definition) is 1. The van der Waals surface area contributed by atoms with Gasteiger partial charge < -0.3 is 4.74 Å². The molecule has 1 aromatic carbocycles. The average molecular weight is 247 g/mol. The van der Waals surface area contributed by atoms with E-state index in [0.717, 1.165) is 17.3 Å². The summed E-state index contributed by atoms with van der Waals surface area (Å²) in [7, 11) is 0. The zero-order chi connectivity index (χ0) is 9.68. The third-order valence-electron chi connectivity index (χ3n) is 1.65. The molecule has 0 fully saturated rings. The first kappa shape index (κ1) is 10.5. The Morgan fingerprint density at radius 3 is 2.92 bits per heavy atom.